The highest BCUT2D eigenvalue weighted by Gasteiger charge is 2.27. The minimum atomic E-state index is -3.37. The maximum absolute atomic E-state index is 13.4. The number of sulfonamides is 1. The molecule has 2 N–H and O–H groups in total. The lowest BCUT2D eigenvalue weighted by Crippen LogP contribution is -2.38. The van der Waals surface area contributed by atoms with Gasteiger partial charge in [0.2, 0.25) is 10.0 Å². The number of anilines is 1. The third-order valence-corrected chi connectivity index (χ3v) is 5.85. The maximum atomic E-state index is 13.4. The van der Waals surface area contributed by atoms with E-state index in [4.69, 9.17) is 0 Å². The van der Waals surface area contributed by atoms with Crippen LogP contribution in [-0.4, -0.2) is 50.1 Å². The molecule has 0 bridgehead atoms. The van der Waals surface area contributed by atoms with E-state index in [-0.39, 0.29) is 18.2 Å². The molecule has 1 unspecified atom stereocenters. The lowest BCUT2D eigenvalue weighted by molar-refractivity contribution is 0.0561. The minimum absolute atomic E-state index is 0.0829. The van der Waals surface area contributed by atoms with Gasteiger partial charge in [-0.2, -0.15) is 0 Å². The fraction of sp³-hybridized carbons (Fsp3) is 0.381. The van der Waals surface area contributed by atoms with E-state index in [9.17, 15) is 27.1 Å². The smallest absolute Gasteiger partial charge is 0.229 e. The molecule has 0 spiro atoms. The predicted octanol–water partition coefficient (Wildman–Crippen LogP) is 2.96. The van der Waals surface area contributed by atoms with Crippen molar-refractivity contribution in [2.75, 3.05) is 30.6 Å². The van der Waals surface area contributed by atoms with Crippen molar-refractivity contribution >= 4 is 21.5 Å². The summed E-state index contributed by atoms with van der Waals surface area (Å²) in [7, 11) is -3.37. The molecule has 0 aromatic heterocycles. The number of Topliss-reactive ketones (excluding diaryl/α,β-unsaturated/α-hetero) is 1. The second-order valence-electron chi connectivity index (χ2n) is 7.61. The number of carbonyl (C=O) groups excluding carboxylic acids is 1. The minimum Gasteiger partial charge on any atom is -0.388 e. The fourth-order valence-electron chi connectivity index (χ4n) is 3.63. The number of nitrogens with one attached hydrogen (secondary N) is 1. The second kappa shape index (κ2) is 9.20. The molecule has 1 aliphatic heterocycles. The first-order valence-corrected chi connectivity index (χ1v) is 11.5. The number of halogens is 2. The summed E-state index contributed by atoms with van der Waals surface area (Å²) in [6.45, 7) is 1.42. The van der Waals surface area contributed by atoms with Gasteiger partial charge in [0.1, 0.15) is 0 Å². The van der Waals surface area contributed by atoms with Crippen molar-refractivity contribution < 1.29 is 27.1 Å². The number of aliphatic hydroxyl groups is 1. The van der Waals surface area contributed by atoms with Crippen LogP contribution in [0.25, 0.3) is 0 Å². The van der Waals surface area contributed by atoms with E-state index in [1.807, 2.05) is 4.90 Å². The number of benzene rings is 2. The molecule has 9 heteroatoms. The molecule has 1 aliphatic rings. The summed E-state index contributed by atoms with van der Waals surface area (Å²) in [6.07, 6.45) is 1.43. The molecule has 1 fully saturated rings. The van der Waals surface area contributed by atoms with Crippen molar-refractivity contribution in [3.05, 3.63) is 65.2 Å². The van der Waals surface area contributed by atoms with E-state index in [0.29, 0.717) is 42.7 Å². The Morgan fingerprint density at radius 2 is 1.77 bits per heavy atom. The first-order valence-electron chi connectivity index (χ1n) is 9.59. The standard InChI is InChI=1S/C21H24F2N2O4S/c1-30(28,29)24-17-5-2-14(3-6-17)20(26)13-25-10-8-15(9-11-25)21(27)16-4-7-18(22)19(23)12-16/h2-7,12,15,21,24,27H,8-11,13H2,1H3. The van der Waals surface area contributed by atoms with Crippen LogP contribution < -0.4 is 4.72 Å². The molecule has 1 atom stereocenters. The van der Waals surface area contributed by atoms with Crippen LogP contribution in [0.2, 0.25) is 0 Å². The van der Waals surface area contributed by atoms with Crippen LogP contribution in [0.4, 0.5) is 14.5 Å². The van der Waals surface area contributed by atoms with Crippen LogP contribution in [0, 0.1) is 17.6 Å². The second-order valence-corrected chi connectivity index (χ2v) is 9.36. The number of likely N-dealkylation sites (tertiary alicyclic amines) is 1. The van der Waals surface area contributed by atoms with Gasteiger partial charge in [0.25, 0.3) is 0 Å². The van der Waals surface area contributed by atoms with Gasteiger partial charge in [0.05, 0.1) is 18.9 Å². The summed E-state index contributed by atoms with van der Waals surface area (Å²) in [6, 6.07) is 9.67. The highest BCUT2D eigenvalue weighted by Crippen LogP contribution is 2.31. The molecule has 0 saturated carbocycles. The van der Waals surface area contributed by atoms with Crippen molar-refractivity contribution in [2.24, 2.45) is 5.92 Å². The zero-order valence-electron chi connectivity index (χ0n) is 16.5. The van der Waals surface area contributed by atoms with Crippen molar-refractivity contribution in [1.29, 1.82) is 0 Å². The van der Waals surface area contributed by atoms with Crippen LogP contribution in [0.15, 0.2) is 42.5 Å². The number of nitrogens with zero attached hydrogens (tertiary/aromatic N) is 1. The van der Waals surface area contributed by atoms with Gasteiger partial charge in [-0.25, -0.2) is 17.2 Å². The summed E-state index contributed by atoms with van der Waals surface area (Å²) in [5, 5.41) is 10.5. The molecule has 1 saturated heterocycles. The molecule has 2 aromatic rings. The van der Waals surface area contributed by atoms with Gasteiger partial charge in [-0.05, 0) is 73.8 Å². The Kier molecular flexibility index (Phi) is 6.84. The number of aliphatic hydroxyl groups excluding tert-OH is 1. The summed E-state index contributed by atoms with van der Waals surface area (Å²) in [5.41, 5.74) is 1.23. The van der Waals surface area contributed by atoms with Crippen molar-refractivity contribution in [3.8, 4) is 0 Å². The molecular weight excluding hydrogens is 414 g/mol. The summed E-state index contributed by atoms with van der Waals surface area (Å²) >= 11 is 0. The lowest BCUT2D eigenvalue weighted by atomic mass is 9.87. The number of rotatable bonds is 7. The first-order chi connectivity index (χ1) is 14.1. The highest BCUT2D eigenvalue weighted by atomic mass is 32.2. The van der Waals surface area contributed by atoms with Gasteiger partial charge < -0.3 is 5.11 Å². The number of ketones is 1. The first kappa shape index (κ1) is 22.3. The zero-order chi connectivity index (χ0) is 21.9. The molecule has 1 heterocycles. The van der Waals surface area contributed by atoms with E-state index in [0.717, 1.165) is 18.4 Å². The van der Waals surface area contributed by atoms with Crippen molar-refractivity contribution in [3.63, 3.8) is 0 Å². The van der Waals surface area contributed by atoms with E-state index in [2.05, 4.69) is 4.72 Å². The van der Waals surface area contributed by atoms with Gasteiger partial charge in [-0.1, -0.05) is 6.07 Å². The van der Waals surface area contributed by atoms with Crippen LogP contribution in [0.3, 0.4) is 0 Å². The fourth-order valence-corrected chi connectivity index (χ4v) is 4.19. The Labute approximate surface area is 174 Å². The van der Waals surface area contributed by atoms with E-state index < -0.39 is 27.8 Å². The lowest BCUT2D eigenvalue weighted by Gasteiger charge is -2.34. The number of piperidine rings is 1. The average molecular weight is 438 g/mol. The molecule has 0 amide bonds. The van der Waals surface area contributed by atoms with Gasteiger partial charge in [-0.15, -0.1) is 0 Å². The maximum Gasteiger partial charge on any atom is 0.229 e. The third-order valence-electron chi connectivity index (χ3n) is 5.24. The molecule has 30 heavy (non-hydrogen) atoms. The highest BCUT2D eigenvalue weighted by molar-refractivity contribution is 7.92. The molecular formula is C21H24F2N2O4S. The molecule has 2 aromatic carbocycles. The van der Waals surface area contributed by atoms with Crippen molar-refractivity contribution in [2.45, 2.75) is 18.9 Å². The summed E-state index contributed by atoms with van der Waals surface area (Å²) in [4.78, 5) is 14.5. The van der Waals surface area contributed by atoms with E-state index in [1.54, 1.807) is 24.3 Å². The van der Waals surface area contributed by atoms with Gasteiger partial charge in [0.15, 0.2) is 17.4 Å². The normalized spacial score (nSPS) is 16.9. The molecule has 162 valence electrons. The predicted molar refractivity (Wildman–Crippen MR) is 110 cm³/mol. The van der Waals surface area contributed by atoms with Crippen LogP contribution in [0.1, 0.15) is 34.9 Å². The topological polar surface area (TPSA) is 86.7 Å². The largest absolute Gasteiger partial charge is 0.388 e. The Balaban J connectivity index is 1.52. The van der Waals surface area contributed by atoms with Crippen LogP contribution >= 0.6 is 0 Å². The SMILES string of the molecule is CS(=O)(=O)Nc1ccc(C(=O)CN2CCC(C(O)c3ccc(F)c(F)c3)CC2)cc1. The third kappa shape index (κ3) is 5.84. The summed E-state index contributed by atoms with van der Waals surface area (Å²) in [5.74, 6) is -2.10. The Morgan fingerprint density at radius 1 is 1.13 bits per heavy atom. The van der Waals surface area contributed by atoms with Crippen LogP contribution in [0.5, 0.6) is 0 Å². The van der Waals surface area contributed by atoms with E-state index >= 15 is 0 Å². The van der Waals surface area contributed by atoms with Gasteiger partial charge in [0, 0.05) is 11.3 Å². The Morgan fingerprint density at radius 3 is 2.33 bits per heavy atom. The quantitative estimate of drug-likeness (QED) is 0.649. The summed E-state index contributed by atoms with van der Waals surface area (Å²) < 4.78 is 51.3. The molecule has 0 radical (unpaired) electrons. The number of hydrogen-bond donors (Lipinski definition) is 2. The monoisotopic (exact) mass is 438 g/mol. The Hall–Kier alpha value is -2.36. The van der Waals surface area contributed by atoms with Gasteiger partial charge >= 0.3 is 0 Å². The van der Waals surface area contributed by atoms with Crippen molar-refractivity contribution in [1.82, 2.24) is 4.90 Å². The Bertz CT molecular complexity index is 1000. The molecule has 0 aliphatic carbocycles. The van der Waals surface area contributed by atoms with Crippen LogP contribution in [-0.2, 0) is 10.0 Å². The average Bonchev–Trinajstić information content (AvgIpc) is 2.69. The zero-order valence-corrected chi connectivity index (χ0v) is 17.3. The van der Waals surface area contributed by atoms with Gasteiger partial charge in [-0.3, -0.25) is 14.4 Å². The number of carbonyl (C=O) groups is 1. The molecule has 6 nitrogen and oxygen atoms in total. The molecule has 3 rings (SSSR count). The van der Waals surface area contributed by atoms with E-state index in [1.165, 1.54) is 6.07 Å². The number of hydrogen-bond acceptors (Lipinski definition) is 5.